The van der Waals surface area contributed by atoms with Crippen LogP contribution in [0.4, 0.5) is 0 Å². The summed E-state index contributed by atoms with van der Waals surface area (Å²) in [6, 6.07) is 3.71. The van der Waals surface area contributed by atoms with E-state index in [4.69, 9.17) is 15.9 Å². The van der Waals surface area contributed by atoms with E-state index in [9.17, 15) is 0 Å². The van der Waals surface area contributed by atoms with E-state index in [-0.39, 0.29) is 5.92 Å². The number of methoxy groups -OCH3 is 2. The van der Waals surface area contributed by atoms with E-state index in [1.165, 1.54) is 0 Å². The fourth-order valence-corrected chi connectivity index (χ4v) is 2.14. The number of hydrogen-bond acceptors (Lipinski definition) is 4. The first kappa shape index (κ1) is 13.2. The fraction of sp³-hybridized carbons (Fsp3) is 0.333. The molecule has 0 fully saturated rings. The van der Waals surface area contributed by atoms with Crippen LogP contribution in [0.5, 0.6) is 11.5 Å². The number of hydrogen-bond donors (Lipinski definition) is 0. The Kier molecular flexibility index (Phi) is 3.57. The van der Waals surface area contributed by atoms with Gasteiger partial charge < -0.3 is 9.47 Å². The van der Waals surface area contributed by atoms with E-state index in [1.807, 2.05) is 12.1 Å². The van der Waals surface area contributed by atoms with Crippen molar-refractivity contribution in [3.05, 3.63) is 23.4 Å². The molecule has 0 aliphatic rings. The number of fused-ring (bicyclic) bond motifs is 1. The summed E-state index contributed by atoms with van der Waals surface area (Å²) in [5.74, 6) is 4.13. The average molecular weight is 256 g/mol. The Bertz CT molecular complexity index is 657. The molecule has 0 N–H and O–H groups in total. The molecule has 19 heavy (non-hydrogen) atoms. The molecule has 4 heteroatoms. The first-order valence-electron chi connectivity index (χ1n) is 6.01. The first-order chi connectivity index (χ1) is 9.12. The maximum atomic E-state index is 5.50. The number of rotatable bonds is 3. The van der Waals surface area contributed by atoms with Crippen LogP contribution in [0.1, 0.15) is 31.0 Å². The molecule has 0 atom stereocenters. The molecule has 0 amide bonds. The third kappa shape index (κ3) is 2.19. The molecule has 0 unspecified atom stereocenters. The van der Waals surface area contributed by atoms with Crippen molar-refractivity contribution >= 4 is 10.9 Å². The van der Waals surface area contributed by atoms with Gasteiger partial charge in [0.1, 0.15) is 5.69 Å². The molecule has 1 aromatic heterocycles. The van der Waals surface area contributed by atoms with Gasteiger partial charge in [-0.15, -0.1) is 16.6 Å². The maximum absolute atomic E-state index is 5.50. The summed E-state index contributed by atoms with van der Waals surface area (Å²) in [5.41, 5.74) is 2.34. The van der Waals surface area contributed by atoms with Gasteiger partial charge in [-0.1, -0.05) is 13.8 Å². The van der Waals surface area contributed by atoms with E-state index < -0.39 is 0 Å². The molecule has 0 aliphatic carbocycles. The Morgan fingerprint density at radius 2 is 1.74 bits per heavy atom. The highest BCUT2D eigenvalue weighted by molar-refractivity contribution is 5.87. The van der Waals surface area contributed by atoms with Crippen molar-refractivity contribution in [3.63, 3.8) is 0 Å². The van der Waals surface area contributed by atoms with Crippen molar-refractivity contribution in [2.24, 2.45) is 0 Å². The van der Waals surface area contributed by atoms with Gasteiger partial charge >= 0.3 is 0 Å². The molecule has 0 spiro atoms. The summed E-state index contributed by atoms with van der Waals surface area (Å²) in [6.07, 6.45) is 5.50. The molecule has 0 saturated carbocycles. The first-order valence-corrected chi connectivity index (χ1v) is 6.01. The maximum Gasteiger partial charge on any atom is 0.162 e. The highest BCUT2D eigenvalue weighted by atomic mass is 16.5. The van der Waals surface area contributed by atoms with E-state index in [0.29, 0.717) is 17.2 Å². The average Bonchev–Trinajstić information content (AvgIpc) is 2.43. The summed E-state index contributed by atoms with van der Waals surface area (Å²) in [6.45, 7) is 4.15. The molecule has 0 radical (unpaired) electrons. The standard InChI is InChI=1S/C15H16N2O2/c1-6-11-15(9(2)3)10-7-13(18-4)14(19-5)8-12(10)17-16-11/h1,7-9H,2-5H3. The van der Waals surface area contributed by atoms with Crippen LogP contribution in [0.15, 0.2) is 12.1 Å². The molecule has 98 valence electrons. The van der Waals surface area contributed by atoms with Gasteiger partial charge in [0.15, 0.2) is 11.5 Å². The fourth-order valence-electron chi connectivity index (χ4n) is 2.14. The Labute approximate surface area is 112 Å². The van der Waals surface area contributed by atoms with Gasteiger partial charge in [0.2, 0.25) is 0 Å². The predicted octanol–water partition coefficient (Wildman–Crippen LogP) is 2.75. The number of ether oxygens (including phenoxy) is 2. The topological polar surface area (TPSA) is 44.2 Å². The normalized spacial score (nSPS) is 10.5. The van der Waals surface area contributed by atoms with Gasteiger partial charge in [-0.25, -0.2) is 0 Å². The van der Waals surface area contributed by atoms with E-state index in [2.05, 4.69) is 30.0 Å². The minimum absolute atomic E-state index is 0.252. The van der Waals surface area contributed by atoms with Gasteiger partial charge in [-0.3, -0.25) is 0 Å². The molecular formula is C15H16N2O2. The zero-order valence-electron chi connectivity index (χ0n) is 11.5. The molecule has 2 rings (SSSR count). The Hall–Kier alpha value is -2.28. The van der Waals surface area contributed by atoms with Gasteiger partial charge in [-0.05, 0) is 17.9 Å². The second-order valence-electron chi connectivity index (χ2n) is 4.49. The van der Waals surface area contributed by atoms with Crippen molar-refractivity contribution < 1.29 is 9.47 Å². The molecule has 2 aromatic rings. The van der Waals surface area contributed by atoms with Gasteiger partial charge in [0.05, 0.1) is 19.7 Å². The Morgan fingerprint density at radius 3 is 2.26 bits per heavy atom. The lowest BCUT2D eigenvalue weighted by Crippen LogP contribution is -2.01. The molecule has 1 aromatic carbocycles. The van der Waals surface area contributed by atoms with E-state index >= 15 is 0 Å². The van der Waals surface area contributed by atoms with Crippen molar-refractivity contribution in [1.82, 2.24) is 10.2 Å². The van der Waals surface area contributed by atoms with Crippen molar-refractivity contribution in [2.45, 2.75) is 19.8 Å². The van der Waals surface area contributed by atoms with Crippen LogP contribution < -0.4 is 9.47 Å². The van der Waals surface area contributed by atoms with Crippen LogP contribution in [0, 0.1) is 12.3 Å². The largest absolute Gasteiger partial charge is 0.493 e. The van der Waals surface area contributed by atoms with Crippen molar-refractivity contribution in [1.29, 1.82) is 0 Å². The van der Waals surface area contributed by atoms with Crippen LogP contribution in [0.2, 0.25) is 0 Å². The van der Waals surface area contributed by atoms with Crippen molar-refractivity contribution in [2.75, 3.05) is 14.2 Å². The van der Waals surface area contributed by atoms with Crippen LogP contribution in [0.3, 0.4) is 0 Å². The Balaban J connectivity index is 2.85. The Morgan fingerprint density at radius 1 is 1.11 bits per heavy atom. The summed E-state index contributed by atoms with van der Waals surface area (Å²) in [4.78, 5) is 0. The number of benzene rings is 1. The summed E-state index contributed by atoms with van der Waals surface area (Å²) >= 11 is 0. The molecule has 0 saturated heterocycles. The summed E-state index contributed by atoms with van der Waals surface area (Å²) in [7, 11) is 3.20. The van der Waals surface area contributed by atoms with Gasteiger partial charge in [0.25, 0.3) is 0 Å². The smallest absolute Gasteiger partial charge is 0.162 e. The molecule has 1 heterocycles. The van der Waals surface area contributed by atoms with Crippen LogP contribution in [0.25, 0.3) is 10.9 Å². The molecule has 0 aliphatic heterocycles. The third-order valence-corrected chi connectivity index (χ3v) is 3.02. The van der Waals surface area contributed by atoms with Crippen LogP contribution in [-0.4, -0.2) is 24.4 Å². The second kappa shape index (κ2) is 5.15. The highest BCUT2D eigenvalue weighted by Gasteiger charge is 2.16. The zero-order valence-corrected chi connectivity index (χ0v) is 11.5. The van der Waals surface area contributed by atoms with Gasteiger partial charge in [0, 0.05) is 17.0 Å². The minimum atomic E-state index is 0.252. The highest BCUT2D eigenvalue weighted by Crippen LogP contribution is 2.35. The van der Waals surface area contributed by atoms with Crippen LogP contribution in [-0.2, 0) is 0 Å². The summed E-state index contributed by atoms with van der Waals surface area (Å²) < 4.78 is 10.6. The monoisotopic (exact) mass is 256 g/mol. The quantitative estimate of drug-likeness (QED) is 0.792. The SMILES string of the molecule is C#Cc1nnc2cc(OC)c(OC)cc2c1C(C)C. The summed E-state index contributed by atoms with van der Waals surface area (Å²) in [5, 5.41) is 9.20. The second-order valence-corrected chi connectivity index (χ2v) is 4.49. The zero-order chi connectivity index (χ0) is 14.0. The third-order valence-electron chi connectivity index (χ3n) is 3.02. The minimum Gasteiger partial charge on any atom is -0.493 e. The van der Waals surface area contributed by atoms with Gasteiger partial charge in [-0.2, -0.15) is 0 Å². The lowest BCUT2D eigenvalue weighted by Gasteiger charge is -2.14. The number of nitrogens with zero attached hydrogens (tertiary/aromatic N) is 2. The van der Waals surface area contributed by atoms with E-state index in [1.54, 1.807) is 14.2 Å². The molecule has 4 nitrogen and oxygen atoms in total. The molecule has 0 bridgehead atoms. The predicted molar refractivity (Wildman–Crippen MR) is 74.7 cm³/mol. The van der Waals surface area contributed by atoms with E-state index in [0.717, 1.165) is 16.5 Å². The van der Waals surface area contributed by atoms with Crippen molar-refractivity contribution in [3.8, 4) is 23.8 Å². The number of terminal acetylenes is 1. The number of aromatic nitrogens is 2. The molecular weight excluding hydrogens is 240 g/mol. The lowest BCUT2D eigenvalue weighted by molar-refractivity contribution is 0.355. The van der Waals surface area contributed by atoms with Crippen LogP contribution >= 0.6 is 0 Å². The lowest BCUT2D eigenvalue weighted by atomic mass is 9.96.